The van der Waals surface area contributed by atoms with Gasteiger partial charge in [-0.05, 0) is 57.0 Å². The van der Waals surface area contributed by atoms with Crippen molar-refractivity contribution in [2.24, 2.45) is 0 Å². The van der Waals surface area contributed by atoms with E-state index in [1.807, 2.05) is 24.3 Å². The van der Waals surface area contributed by atoms with Gasteiger partial charge < -0.3 is 4.42 Å². The Hall–Kier alpha value is -2.11. The summed E-state index contributed by atoms with van der Waals surface area (Å²) in [6, 6.07) is 16.8. The molecule has 4 nitrogen and oxygen atoms in total. The predicted octanol–water partition coefficient (Wildman–Crippen LogP) is 4.96. The van der Waals surface area contributed by atoms with Crippen LogP contribution in [-0.4, -0.2) is 28.4 Å². The van der Waals surface area contributed by atoms with Gasteiger partial charge in [-0.3, -0.25) is 4.90 Å². The minimum atomic E-state index is 0.0481. The Balaban J connectivity index is 1.69. The normalized spacial score (nSPS) is 12.5. The smallest absolute Gasteiger partial charge is 0.247 e. The number of aryl methyl sites for hydroxylation is 1. The van der Waals surface area contributed by atoms with E-state index in [-0.39, 0.29) is 6.04 Å². The van der Waals surface area contributed by atoms with Crippen LogP contribution in [0.25, 0.3) is 11.5 Å². The van der Waals surface area contributed by atoms with E-state index in [0.29, 0.717) is 11.8 Å². The van der Waals surface area contributed by atoms with Crippen molar-refractivity contribution in [2.75, 3.05) is 13.3 Å². The third-order valence-electron chi connectivity index (χ3n) is 4.35. The van der Waals surface area contributed by atoms with Crippen molar-refractivity contribution in [3.05, 3.63) is 65.5 Å². The number of hydrogen-bond donors (Lipinski definition) is 0. The van der Waals surface area contributed by atoms with Crippen LogP contribution in [0.2, 0.25) is 0 Å². The van der Waals surface area contributed by atoms with Crippen LogP contribution in [0.15, 0.2) is 57.8 Å². The van der Waals surface area contributed by atoms with E-state index >= 15 is 0 Å². The van der Waals surface area contributed by atoms with Gasteiger partial charge in [0, 0.05) is 17.0 Å². The minimum Gasteiger partial charge on any atom is -0.419 e. The zero-order valence-corrected chi connectivity index (χ0v) is 15.9. The first-order valence-corrected chi connectivity index (χ1v) is 9.53. The van der Waals surface area contributed by atoms with Crippen LogP contribution in [0.4, 0.5) is 0 Å². The van der Waals surface area contributed by atoms with E-state index in [9.17, 15) is 0 Å². The first-order valence-electron chi connectivity index (χ1n) is 8.30. The van der Waals surface area contributed by atoms with Gasteiger partial charge in [-0.2, -0.15) is 0 Å². The fourth-order valence-electron chi connectivity index (χ4n) is 2.56. The molecule has 1 aromatic heterocycles. The highest BCUT2D eigenvalue weighted by atomic mass is 32.2. The first kappa shape index (κ1) is 17.7. The highest BCUT2D eigenvalue weighted by molar-refractivity contribution is 7.98. The van der Waals surface area contributed by atoms with Gasteiger partial charge in [0.2, 0.25) is 11.8 Å². The highest BCUT2D eigenvalue weighted by Crippen LogP contribution is 2.25. The molecular formula is C20H23N3OS. The molecule has 2 aromatic carbocycles. The molecule has 0 saturated carbocycles. The molecule has 0 saturated heterocycles. The number of hydrogen-bond acceptors (Lipinski definition) is 5. The summed E-state index contributed by atoms with van der Waals surface area (Å²) in [6.45, 7) is 4.98. The van der Waals surface area contributed by atoms with Crippen molar-refractivity contribution in [2.45, 2.75) is 31.3 Å². The zero-order valence-electron chi connectivity index (χ0n) is 15.1. The fourth-order valence-corrected chi connectivity index (χ4v) is 2.97. The third kappa shape index (κ3) is 4.30. The Labute approximate surface area is 153 Å². The third-order valence-corrected chi connectivity index (χ3v) is 5.09. The molecule has 1 heterocycles. The molecule has 3 rings (SSSR count). The van der Waals surface area contributed by atoms with Crippen molar-refractivity contribution in [1.29, 1.82) is 0 Å². The average Bonchev–Trinajstić information content (AvgIpc) is 3.12. The van der Waals surface area contributed by atoms with E-state index in [4.69, 9.17) is 4.42 Å². The van der Waals surface area contributed by atoms with Gasteiger partial charge in [0.25, 0.3) is 0 Å². The summed E-state index contributed by atoms with van der Waals surface area (Å²) in [5.74, 6) is 1.21. The lowest BCUT2D eigenvalue weighted by atomic mass is 10.1. The van der Waals surface area contributed by atoms with Crippen molar-refractivity contribution in [1.82, 2.24) is 15.1 Å². The summed E-state index contributed by atoms with van der Waals surface area (Å²) < 4.78 is 5.90. The number of aromatic nitrogens is 2. The molecule has 0 spiro atoms. The second-order valence-electron chi connectivity index (χ2n) is 6.25. The molecule has 0 aliphatic carbocycles. The largest absolute Gasteiger partial charge is 0.419 e. The van der Waals surface area contributed by atoms with Crippen molar-refractivity contribution in [3.8, 4) is 11.5 Å². The van der Waals surface area contributed by atoms with Gasteiger partial charge in [-0.25, -0.2) is 0 Å². The van der Waals surface area contributed by atoms with E-state index in [0.717, 1.165) is 12.1 Å². The Kier molecular flexibility index (Phi) is 5.56. The Morgan fingerprint density at radius 3 is 2.36 bits per heavy atom. The van der Waals surface area contributed by atoms with E-state index < -0.39 is 0 Å². The van der Waals surface area contributed by atoms with Crippen LogP contribution in [-0.2, 0) is 6.54 Å². The number of rotatable bonds is 6. The van der Waals surface area contributed by atoms with Crippen LogP contribution in [0, 0.1) is 6.92 Å². The molecule has 0 fully saturated rings. The molecular weight excluding hydrogens is 330 g/mol. The number of thioether (sulfide) groups is 1. The molecule has 0 aliphatic heterocycles. The van der Waals surface area contributed by atoms with E-state index in [1.165, 1.54) is 16.0 Å². The lowest BCUT2D eigenvalue weighted by Gasteiger charge is -2.21. The molecule has 0 aliphatic rings. The molecule has 130 valence electrons. The fraction of sp³-hybridized carbons (Fsp3) is 0.300. The van der Waals surface area contributed by atoms with Gasteiger partial charge in [0.15, 0.2) is 0 Å². The Bertz CT molecular complexity index is 812. The maximum Gasteiger partial charge on any atom is 0.247 e. The van der Waals surface area contributed by atoms with E-state index in [2.05, 4.69) is 66.5 Å². The van der Waals surface area contributed by atoms with Gasteiger partial charge in [-0.15, -0.1) is 22.0 Å². The maximum atomic E-state index is 5.90. The van der Waals surface area contributed by atoms with Crippen LogP contribution >= 0.6 is 11.8 Å². The van der Waals surface area contributed by atoms with Crippen molar-refractivity contribution >= 4 is 11.8 Å². The summed E-state index contributed by atoms with van der Waals surface area (Å²) in [5, 5.41) is 8.45. The molecule has 25 heavy (non-hydrogen) atoms. The minimum absolute atomic E-state index is 0.0481. The number of benzene rings is 2. The van der Waals surface area contributed by atoms with Crippen LogP contribution in [0.3, 0.4) is 0 Å². The average molecular weight is 353 g/mol. The van der Waals surface area contributed by atoms with Crippen LogP contribution in [0.5, 0.6) is 0 Å². The summed E-state index contributed by atoms with van der Waals surface area (Å²) >= 11 is 1.75. The maximum absolute atomic E-state index is 5.90. The molecule has 0 radical (unpaired) electrons. The van der Waals surface area contributed by atoms with Gasteiger partial charge in [0.1, 0.15) is 0 Å². The predicted molar refractivity (Wildman–Crippen MR) is 103 cm³/mol. The molecule has 3 aromatic rings. The molecule has 0 amide bonds. The lowest BCUT2D eigenvalue weighted by Crippen LogP contribution is -2.22. The number of nitrogens with zero attached hydrogens (tertiary/aromatic N) is 3. The molecule has 0 N–H and O–H groups in total. The van der Waals surface area contributed by atoms with Gasteiger partial charge in [0.05, 0.1) is 6.04 Å². The zero-order chi connectivity index (χ0) is 17.8. The molecule has 0 bridgehead atoms. The molecule has 0 unspecified atom stereocenters. The molecule has 1 atom stereocenters. The quantitative estimate of drug-likeness (QED) is 0.586. The Morgan fingerprint density at radius 2 is 1.72 bits per heavy atom. The topological polar surface area (TPSA) is 42.2 Å². The van der Waals surface area contributed by atoms with Gasteiger partial charge in [-0.1, -0.05) is 29.8 Å². The summed E-state index contributed by atoms with van der Waals surface area (Å²) in [6.07, 6.45) is 2.09. The van der Waals surface area contributed by atoms with Crippen LogP contribution in [0.1, 0.15) is 30.0 Å². The van der Waals surface area contributed by atoms with Crippen molar-refractivity contribution < 1.29 is 4.42 Å². The van der Waals surface area contributed by atoms with Crippen LogP contribution < -0.4 is 0 Å². The second kappa shape index (κ2) is 7.85. The first-order chi connectivity index (χ1) is 12.1. The van der Waals surface area contributed by atoms with Gasteiger partial charge >= 0.3 is 0 Å². The summed E-state index contributed by atoms with van der Waals surface area (Å²) in [7, 11) is 2.07. The Morgan fingerprint density at radius 1 is 1.04 bits per heavy atom. The monoisotopic (exact) mass is 353 g/mol. The summed E-state index contributed by atoms with van der Waals surface area (Å²) in [5.41, 5.74) is 3.43. The van der Waals surface area contributed by atoms with E-state index in [1.54, 1.807) is 11.8 Å². The standard InChI is InChI=1S/C20H23N3OS/c1-14-5-9-17(10-6-14)20-22-21-19(24-20)15(2)23(3)13-16-7-11-18(25-4)12-8-16/h5-12,15H,13H2,1-4H3/t15-/m1/s1. The lowest BCUT2D eigenvalue weighted by molar-refractivity contribution is 0.218. The van der Waals surface area contributed by atoms with Crippen molar-refractivity contribution in [3.63, 3.8) is 0 Å². The highest BCUT2D eigenvalue weighted by Gasteiger charge is 2.19. The molecule has 5 heteroatoms. The second-order valence-corrected chi connectivity index (χ2v) is 7.13. The summed E-state index contributed by atoms with van der Waals surface area (Å²) in [4.78, 5) is 3.49. The SMILES string of the molecule is CSc1ccc(CN(C)[C@H](C)c2nnc(-c3ccc(C)cc3)o2)cc1.